The van der Waals surface area contributed by atoms with Crippen LogP contribution in [0, 0.1) is 45.3 Å². The summed E-state index contributed by atoms with van der Waals surface area (Å²) in [6.07, 6.45) is 0. The zero-order valence-corrected chi connectivity index (χ0v) is 31.2. The Morgan fingerprint density at radius 2 is 0.847 bits per heavy atom. The molecule has 0 bridgehead atoms. The number of nitrogens with zero attached hydrogens (tertiary/aromatic N) is 7. The summed E-state index contributed by atoms with van der Waals surface area (Å²) in [6, 6.07) is 63.5. The maximum atomic E-state index is 10.9. The zero-order valence-electron chi connectivity index (χ0n) is 31.2. The molecule has 0 unspecified atom stereocenters. The molecule has 59 heavy (non-hydrogen) atoms. The zero-order chi connectivity index (χ0) is 39.8. The van der Waals surface area contributed by atoms with E-state index in [2.05, 4.69) is 75.9 Å². The number of hydrogen-bond donors (Lipinski definition) is 0. The molecular weight excluding hydrogens is 723 g/mol. The molecule has 11 rings (SSSR count). The number of nitriles is 4. The lowest BCUT2D eigenvalue weighted by molar-refractivity contribution is 1.15. The number of fused-ring (bicyclic) bond motifs is 10. The number of hydrogen-bond acceptors (Lipinski definition) is 4. The summed E-state index contributed by atoms with van der Waals surface area (Å²) in [5.74, 6) is 0. The van der Waals surface area contributed by atoms with Crippen LogP contribution in [0.15, 0.2) is 164 Å². The Morgan fingerprint density at radius 3 is 1.42 bits per heavy atom. The molecule has 0 aliphatic carbocycles. The molecule has 0 spiro atoms. The van der Waals surface area contributed by atoms with Gasteiger partial charge in [-0.1, -0.05) is 97.1 Å². The van der Waals surface area contributed by atoms with Crippen LogP contribution < -0.4 is 0 Å². The Balaban J connectivity index is 1.19. The first-order valence-corrected chi connectivity index (χ1v) is 19.1. The third-order valence-corrected chi connectivity index (χ3v) is 11.6. The van der Waals surface area contributed by atoms with Crippen molar-refractivity contribution in [2.24, 2.45) is 0 Å². The van der Waals surface area contributed by atoms with Crippen molar-refractivity contribution in [3.8, 4) is 52.5 Å². The van der Waals surface area contributed by atoms with Crippen LogP contribution in [0.4, 0.5) is 0 Å². The highest BCUT2D eigenvalue weighted by Gasteiger charge is 2.25. The van der Waals surface area contributed by atoms with Crippen molar-refractivity contribution in [1.82, 2.24) is 13.7 Å². The fourth-order valence-corrected chi connectivity index (χ4v) is 9.17. The Labute approximate surface area is 337 Å². The standard InChI is InChI=1S/C52H27N7/c53-28-33-27-49(59-46-20-10-6-16-40(46)41-22-23-48-50(52(41)59)42-17-7-11-21-47(42)57(48)37-12-2-1-3-13-37)34(29-54)26-43(33)32-24-35(30-55)51(36(25-32)31-56)58-44-18-8-4-14-38(44)39-15-5-9-19-45(39)58/h1-27H. The Kier molecular flexibility index (Phi) is 7.28. The fourth-order valence-electron chi connectivity index (χ4n) is 9.17. The molecule has 0 saturated carbocycles. The second-order valence-corrected chi connectivity index (χ2v) is 14.5. The van der Waals surface area contributed by atoms with Gasteiger partial charge in [-0.15, -0.1) is 0 Å². The SMILES string of the molecule is N#Cc1cc(-n2c3ccccc3c3ccc4c(c5ccccc5n4-c4ccccc4)c32)c(C#N)cc1-c1cc(C#N)c(-n2c3ccccc3c3ccccc32)c(C#N)c1. The minimum Gasteiger partial charge on any atom is -0.309 e. The summed E-state index contributed by atoms with van der Waals surface area (Å²) < 4.78 is 6.35. The van der Waals surface area contributed by atoms with E-state index in [1.54, 1.807) is 24.3 Å². The maximum Gasteiger partial charge on any atom is 0.101 e. The van der Waals surface area contributed by atoms with Crippen molar-refractivity contribution < 1.29 is 0 Å². The molecule has 7 nitrogen and oxygen atoms in total. The van der Waals surface area contributed by atoms with E-state index >= 15 is 0 Å². The molecule has 0 aliphatic heterocycles. The topological polar surface area (TPSA) is 110 Å². The molecular formula is C52H27N7. The largest absolute Gasteiger partial charge is 0.309 e. The Morgan fingerprint density at radius 1 is 0.356 bits per heavy atom. The number of aromatic nitrogens is 3. The summed E-state index contributed by atoms with van der Waals surface area (Å²) in [5.41, 5.74) is 9.85. The van der Waals surface area contributed by atoms with Crippen LogP contribution in [0.5, 0.6) is 0 Å². The molecule has 8 aromatic carbocycles. The summed E-state index contributed by atoms with van der Waals surface area (Å²) >= 11 is 0. The van der Waals surface area contributed by atoms with Crippen LogP contribution in [0.2, 0.25) is 0 Å². The Hall–Kier alpha value is -8.88. The average molecular weight is 750 g/mol. The molecule has 0 aliphatic rings. The molecule has 270 valence electrons. The van der Waals surface area contributed by atoms with Crippen molar-refractivity contribution in [3.63, 3.8) is 0 Å². The van der Waals surface area contributed by atoms with Gasteiger partial charge in [0.25, 0.3) is 0 Å². The first-order valence-electron chi connectivity index (χ1n) is 19.1. The van der Waals surface area contributed by atoms with Gasteiger partial charge >= 0.3 is 0 Å². The minimum absolute atomic E-state index is 0.275. The lowest BCUT2D eigenvalue weighted by Crippen LogP contribution is -2.03. The predicted octanol–water partition coefficient (Wildman–Crippen LogP) is 12.1. The van der Waals surface area contributed by atoms with Gasteiger partial charge < -0.3 is 13.7 Å². The van der Waals surface area contributed by atoms with Gasteiger partial charge in [0.2, 0.25) is 0 Å². The van der Waals surface area contributed by atoms with Gasteiger partial charge in [-0.25, -0.2) is 0 Å². The first kappa shape index (κ1) is 33.5. The molecule has 3 aromatic heterocycles. The van der Waals surface area contributed by atoms with Crippen molar-refractivity contribution in [2.45, 2.75) is 0 Å². The van der Waals surface area contributed by atoms with Crippen LogP contribution >= 0.6 is 0 Å². The normalized spacial score (nSPS) is 11.3. The van der Waals surface area contributed by atoms with Crippen LogP contribution in [-0.2, 0) is 0 Å². The highest BCUT2D eigenvalue weighted by atomic mass is 15.0. The van der Waals surface area contributed by atoms with Crippen LogP contribution in [0.3, 0.4) is 0 Å². The van der Waals surface area contributed by atoms with E-state index in [9.17, 15) is 21.0 Å². The molecule has 0 amide bonds. The molecule has 3 heterocycles. The smallest absolute Gasteiger partial charge is 0.101 e. The summed E-state index contributed by atoms with van der Waals surface area (Å²) in [7, 11) is 0. The summed E-state index contributed by atoms with van der Waals surface area (Å²) in [5, 5.41) is 49.3. The van der Waals surface area contributed by atoms with Gasteiger partial charge in [-0.2, -0.15) is 21.0 Å². The van der Waals surface area contributed by atoms with Gasteiger partial charge in [0, 0.05) is 43.6 Å². The monoisotopic (exact) mass is 749 g/mol. The van der Waals surface area contributed by atoms with Crippen molar-refractivity contribution in [1.29, 1.82) is 21.0 Å². The number of benzene rings is 8. The van der Waals surface area contributed by atoms with Crippen molar-refractivity contribution in [2.75, 3.05) is 0 Å². The van der Waals surface area contributed by atoms with E-state index in [4.69, 9.17) is 0 Å². The lowest BCUT2D eigenvalue weighted by Gasteiger charge is -2.16. The van der Waals surface area contributed by atoms with Gasteiger partial charge in [-0.05, 0) is 72.3 Å². The fraction of sp³-hybridized carbons (Fsp3) is 0. The molecule has 0 atom stereocenters. The van der Waals surface area contributed by atoms with E-state index in [1.165, 1.54) is 0 Å². The van der Waals surface area contributed by atoms with Crippen molar-refractivity contribution >= 4 is 65.4 Å². The van der Waals surface area contributed by atoms with E-state index < -0.39 is 0 Å². The molecule has 0 radical (unpaired) electrons. The predicted molar refractivity (Wildman–Crippen MR) is 234 cm³/mol. The van der Waals surface area contributed by atoms with Crippen LogP contribution in [0.25, 0.3) is 93.6 Å². The third kappa shape index (κ3) is 4.71. The highest BCUT2D eigenvalue weighted by molar-refractivity contribution is 6.26. The maximum absolute atomic E-state index is 10.9. The van der Waals surface area contributed by atoms with Gasteiger partial charge in [0.1, 0.15) is 18.2 Å². The highest BCUT2D eigenvalue weighted by Crippen LogP contribution is 2.44. The van der Waals surface area contributed by atoms with E-state index in [0.717, 1.165) is 71.1 Å². The molecule has 0 fully saturated rings. The Bertz CT molecular complexity index is 3690. The molecule has 7 heteroatoms. The summed E-state index contributed by atoms with van der Waals surface area (Å²) in [6.45, 7) is 0. The van der Waals surface area contributed by atoms with Crippen molar-refractivity contribution in [3.05, 3.63) is 186 Å². The quantitative estimate of drug-likeness (QED) is 0.178. The number of rotatable bonds is 4. The lowest BCUT2D eigenvalue weighted by atomic mass is 9.93. The van der Waals surface area contributed by atoms with Gasteiger partial charge in [0.05, 0.1) is 72.8 Å². The van der Waals surface area contributed by atoms with Crippen LogP contribution in [-0.4, -0.2) is 13.7 Å². The second kappa shape index (κ2) is 12.8. The first-order chi connectivity index (χ1) is 29.1. The third-order valence-electron chi connectivity index (χ3n) is 11.6. The van der Waals surface area contributed by atoms with Crippen LogP contribution in [0.1, 0.15) is 22.3 Å². The van der Waals surface area contributed by atoms with Gasteiger partial charge in [0.15, 0.2) is 0 Å². The molecule has 11 aromatic rings. The van der Waals surface area contributed by atoms with Gasteiger partial charge in [-0.3, -0.25) is 0 Å². The van der Waals surface area contributed by atoms with E-state index in [1.807, 2.05) is 102 Å². The molecule has 0 saturated heterocycles. The average Bonchev–Trinajstić information content (AvgIpc) is 3.94. The minimum atomic E-state index is 0.275. The van der Waals surface area contributed by atoms with E-state index in [0.29, 0.717) is 33.6 Å². The molecule has 0 N–H and O–H groups in total. The van der Waals surface area contributed by atoms with E-state index in [-0.39, 0.29) is 11.1 Å². The number of para-hydroxylation sites is 5. The summed E-state index contributed by atoms with van der Waals surface area (Å²) in [4.78, 5) is 0. The second-order valence-electron chi connectivity index (χ2n) is 14.5.